The van der Waals surface area contributed by atoms with Gasteiger partial charge in [-0.05, 0) is 12.3 Å². The molecule has 0 aliphatic rings. The molecule has 0 spiro atoms. The highest BCUT2D eigenvalue weighted by molar-refractivity contribution is 4.84. The van der Waals surface area contributed by atoms with Gasteiger partial charge in [0.2, 0.25) is 0 Å². The van der Waals surface area contributed by atoms with Crippen LogP contribution in [0, 0.1) is 5.92 Å². The summed E-state index contributed by atoms with van der Waals surface area (Å²) in [7, 11) is 3.64. The number of hydrogen-bond acceptors (Lipinski definition) is 4. The summed E-state index contributed by atoms with van der Waals surface area (Å²) in [5.74, 6) is 1.55. The largest absolute Gasteiger partial charge is 0.385 e. The molecule has 0 amide bonds. The van der Waals surface area contributed by atoms with Crippen LogP contribution in [-0.4, -0.2) is 34.5 Å². The van der Waals surface area contributed by atoms with Crippen LogP contribution in [0.3, 0.4) is 0 Å². The highest BCUT2D eigenvalue weighted by Gasteiger charge is 2.13. The summed E-state index contributed by atoms with van der Waals surface area (Å²) in [6.07, 6.45) is 2.60. The van der Waals surface area contributed by atoms with Crippen LogP contribution < -0.4 is 5.32 Å². The number of methoxy groups -OCH3 is 1. The van der Waals surface area contributed by atoms with Crippen molar-refractivity contribution in [1.82, 2.24) is 20.1 Å². The van der Waals surface area contributed by atoms with E-state index in [9.17, 15) is 0 Å². The van der Waals surface area contributed by atoms with Crippen LogP contribution in [0.2, 0.25) is 0 Å². The number of nitrogens with zero attached hydrogens (tertiary/aromatic N) is 3. The van der Waals surface area contributed by atoms with E-state index >= 15 is 0 Å². The summed E-state index contributed by atoms with van der Waals surface area (Å²) in [6, 6.07) is 0.455. The predicted octanol–water partition coefficient (Wildman–Crippen LogP) is 0.966. The molecule has 0 radical (unpaired) electrons. The van der Waals surface area contributed by atoms with E-state index in [-0.39, 0.29) is 0 Å². The maximum Gasteiger partial charge on any atom is 0.140 e. The highest BCUT2D eigenvalue weighted by Crippen LogP contribution is 2.07. The van der Waals surface area contributed by atoms with E-state index in [4.69, 9.17) is 4.74 Å². The van der Waals surface area contributed by atoms with E-state index in [0.29, 0.717) is 12.0 Å². The minimum atomic E-state index is 0.455. The fourth-order valence-electron chi connectivity index (χ4n) is 1.62. The summed E-state index contributed by atoms with van der Waals surface area (Å²) in [6.45, 7) is 5.96. The third-order valence-electron chi connectivity index (χ3n) is 2.77. The van der Waals surface area contributed by atoms with E-state index in [2.05, 4.69) is 29.2 Å². The fraction of sp³-hybridized carbons (Fsp3) is 0.818. The molecule has 0 bridgehead atoms. The minimum absolute atomic E-state index is 0.455. The van der Waals surface area contributed by atoms with Crippen molar-refractivity contribution in [3.8, 4) is 0 Å². The van der Waals surface area contributed by atoms with Crippen molar-refractivity contribution in [3.63, 3.8) is 0 Å². The SMILES string of the molecule is COCCC(NCc1ncnn1C)C(C)C. The molecule has 0 fully saturated rings. The monoisotopic (exact) mass is 226 g/mol. The molecular weight excluding hydrogens is 204 g/mol. The summed E-state index contributed by atoms with van der Waals surface area (Å²) >= 11 is 0. The van der Waals surface area contributed by atoms with E-state index in [0.717, 1.165) is 25.4 Å². The Morgan fingerprint density at radius 2 is 2.25 bits per heavy atom. The molecule has 0 aliphatic heterocycles. The number of hydrogen-bond donors (Lipinski definition) is 1. The van der Waals surface area contributed by atoms with Crippen LogP contribution in [0.15, 0.2) is 6.33 Å². The fourth-order valence-corrected chi connectivity index (χ4v) is 1.62. The van der Waals surface area contributed by atoms with Crippen molar-refractivity contribution in [2.75, 3.05) is 13.7 Å². The summed E-state index contributed by atoms with van der Waals surface area (Å²) < 4.78 is 6.90. The average molecular weight is 226 g/mol. The lowest BCUT2D eigenvalue weighted by atomic mass is 10.0. The third kappa shape index (κ3) is 3.90. The standard InChI is InChI=1S/C11H22N4O/c1-9(2)10(5-6-16-4)12-7-11-13-8-14-15(11)3/h8-10,12H,5-7H2,1-4H3. The molecule has 1 N–H and O–H groups in total. The van der Waals surface area contributed by atoms with Crippen LogP contribution in [0.4, 0.5) is 0 Å². The average Bonchev–Trinajstić information content (AvgIpc) is 2.64. The second-order valence-electron chi connectivity index (χ2n) is 4.31. The third-order valence-corrected chi connectivity index (χ3v) is 2.77. The molecule has 1 heterocycles. The number of aromatic nitrogens is 3. The van der Waals surface area contributed by atoms with E-state index < -0.39 is 0 Å². The zero-order chi connectivity index (χ0) is 12.0. The maximum absolute atomic E-state index is 5.11. The van der Waals surface area contributed by atoms with E-state index in [1.807, 2.05) is 7.05 Å². The van der Waals surface area contributed by atoms with Gasteiger partial charge >= 0.3 is 0 Å². The molecule has 16 heavy (non-hydrogen) atoms. The molecule has 5 heteroatoms. The molecule has 0 aromatic carbocycles. The van der Waals surface area contributed by atoms with Gasteiger partial charge in [-0.3, -0.25) is 4.68 Å². The van der Waals surface area contributed by atoms with Crippen LogP contribution >= 0.6 is 0 Å². The van der Waals surface area contributed by atoms with Crippen molar-refractivity contribution >= 4 is 0 Å². The first-order chi connectivity index (χ1) is 7.65. The summed E-state index contributed by atoms with van der Waals surface area (Å²) in [5.41, 5.74) is 0. The van der Waals surface area contributed by atoms with Gasteiger partial charge in [0.25, 0.3) is 0 Å². The van der Waals surface area contributed by atoms with Gasteiger partial charge in [-0.15, -0.1) is 0 Å². The molecule has 1 rings (SSSR count). The highest BCUT2D eigenvalue weighted by atomic mass is 16.5. The zero-order valence-electron chi connectivity index (χ0n) is 10.6. The molecule has 0 saturated heterocycles. The maximum atomic E-state index is 5.11. The lowest BCUT2D eigenvalue weighted by Gasteiger charge is -2.21. The first-order valence-corrected chi connectivity index (χ1v) is 5.70. The number of aryl methyl sites for hydroxylation is 1. The zero-order valence-corrected chi connectivity index (χ0v) is 10.6. The lowest BCUT2D eigenvalue weighted by molar-refractivity contribution is 0.173. The first kappa shape index (κ1) is 13.1. The predicted molar refractivity (Wildman–Crippen MR) is 63.0 cm³/mol. The Kier molecular flexibility index (Phi) is 5.42. The van der Waals surface area contributed by atoms with Gasteiger partial charge in [-0.1, -0.05) is 13.8 Å². The van der Waals surface area contributed by atoms with Gasteiger partial charge in [0.05, 0.1) is 6.54 Å². The van der Waals surface area contributed by atoms with Crippen LogP contribution in [-0.2, 0) is 18.3 Å². The topological polar surface area (TPSA) is 52.0 Å². The smallest absolute Gasteiger partial charge is 0.140 e. The molecule has 5 nitrogen and oxygen atoms in total. The number of rotatable bonds is 7. The molecule has 1 aromatic rings. The van der Waals surface area contributed by atoms with Crippen molar-refractivity contribution < 1.29 is 4.74 Å². The Bertz CT molecular complexity index is 298. The van der Waals surface area contributed by atoms with Gasteiger partial charge in [0, 0.05) is 26.8 Å². The molecular formula is C11H22N4O. The lowest BCUT2D eigenvalue weighted by Crippen LogP contribution is -2.35. The Balaban J connectivity index is 2.40. The van der Waals surface area contributed by atoms with E-state index in [1.165, 1.54) is 0 Å². The van der Waals surface area contributed by atoms with Gasteiger partial charge in [-0.25, -0.2) is 4.98 Å². The normalized spacial score (nSPS) is 13.3. The van der Waals surface area contributed by atoms with Gasteiger partial charge in [0.15, 0.2) is 0 Å². The van der Waals surface area contributed by atoms with Crippen molar-refractivity contribution in [3.05, 3.63) is 12.2 Å². The minimum Gasteiger partial charge on any atom is -0.385 e. The van der Waals surface area contributed by atoms with Gasteiger partial charge in [-0.2, -0.15) is 5.10 Å². The number of ether oxygens (including phenoxy) is 1. The molecule has 1 aromatic heterocycles. The van der Waals surface area contributed by atoms with E-state index in [1.54, 1.807) is 18.1 Å². The number of nitrogens with one attached hydrogen (secondary N) is 1. The Morgan fingerprint density at radius 1 is 1.50 bits per heavy atom. The van der Waals surface area contributed by atoms with Crippen LogP contribution in [0.5, 0.6) is 0 Å². The molecule has 0 saturated carbocycles. The van der Waals surface area contributed by atoms with Crippen LogP contribution in [0.25, 0.3) is 0 Å². The van der Waals surface area contributed by atoms with Crippen LogP contribution in [0.1, 0.15) is 26.1 Å². The second-order valence-corrected chi connectivity index (χ2v) is 4.31. The van der Waals surface area contributed by atoms with Crippen molar-refractivity contribution in [2.24, 2.45) is 13.0 Å². The summed E-state index contributed by atoms with van der Waals surface area (Å²) in [5, 5.41) is 7.54. The molecule has 1 unspecified atom stereocenters. The molecule has 0 aliphatic carbocycles. The molecule has 1 atom stereocenters. The Morgan fingerprint density at radius 3 is 2.75 bits per heavy atom. The summed E-state index contributed by atoms with van der Waals surface area (Å²) in [4.78, 5) is 4.19. The first-order valence-electron chi connectivity index (χ1n) is 5.70. The Hall–Kier alpha value is -0.940. The Labute approximate surface area is 97.2 Å². The second kappa shape index (κ2) is 6.60. The molecule has 92 valence electrons. The van der Waals surface area contributed by atoms with Crippen molar-refractivity contribution in [2.45, 2.75) is 32.9 Å². The van der Waals surface area contributed by atoms with Gasteiger partial charge < -0.3 is 10.1 Å². The van der Waals surface area contributed by atoms with Gasteiger partial charge in [0.1, 0.15) is 12.2 Å². The quantitative estimate of drug-likeness (QED) is 0.752. The van der Waals surface area contributed by atoms with Crippen molar-refractivity contribution in [1.29, 1.82) is 0 Å².